The molecule has 5 heteroatoms. The maximum Gasteiger partial charge on any atom is 0.330 e. The second-order valence-corrected chi connectivity index (χ2v) is 4.61. The molecule has 5 nitrogen and oxygen atoms in total. The molecule has 0 bridgehead atoms. The summed E-state index contributed by atoms with van der Waals surface area (Å²) in [7, 11) is 5.68. The first kappa shape index (κ1) is 14.6. The van der Waals surface area contributed by atoms with Gasteiger partial charge in [-0.25, -0.2) is 4.79 Å². The molecule has 0 aromatic heterocycles. The zero-order valence-electron chi connectivity index (χ0n) is 10.2. The van der Waals surface area contributed by atoms with Gasteiger partial charge in [0, 0.05) is 18.5 Å². The molecule has 0 aromatic rings. The van der Waals surface area contributed by atoms with Crippen molar-refractivity contribution in [2.75, 3.05) is 27.7 Å². The Bertz CT molecular complexity index is 278. The number of nitrogens with zero attached hydrogens (tertiary/aromatic N) is 1. The molecule has 0 unspecified atom stereocenters. The lowest BCUT2D eigenvalue weighted by Gasteiger charge is -2.28. The lowest BCUT2D eigenvalue weighted by molar-refractivity contribution is -0.873. The molecule has 1 atom stereocenters. The summed E-state index contributed by atoms with van der Waals surface area (Å²) in [6.45, 7) is 2.12. The fourth-order valence-electron chi connectivity index (χ4n) is 1.28. The molecule has 16 heavy (non-hydrogen) atoms. The SMILES string of the molecule is C/C=C/C(=O)O[C@@H](CC(=O)[O-])C[N+](C)(C)C. The van der Waals surface area contributed by atoms with Crippen LogP contribution in [0.25, 0.3) is 0 Å². The van der Waals surface area contributed by atoms with E-state index in [0.717, 1.165) is 0 Å². The highest BCUT2D eigenvalue weighted by atomic mass is 16.5. The number of rotatable bonds is 6. The molecule has 0 spiro atoms. The Kier molecular flexibility index (Phi) is 5.74. The Morgan fingerprint density at radius 3 is 2.31 bits per heavy atom. The van der Waals surface area contributed by atoms with E-state index in [4.69, 9.17) is 4.74 Å². The predicted octanol–water partition coefficient (Wildman–Crippen LogP) is -0.679. The number of quaternary nitrogens is 1. The van der Waals surface area contributed by atoms with Crippen molar-refractivity contribution in [2.24, 2.45) is 0 Å². The second kappa shape index (κ2) is 6.27. The van der Waals surface area contributed by atoms with Crippen LogP contribution < -0.4 is 5.11 Å². The monoisotopic (exact) mass is 229 g/mol. The van der Waals surface area contributed by atoms with Crippen molar-refractivity contribution in [2.45, 2.75) is 19.4 Å². The maximum absolute atomic E-state index is 11.2. The predicted molar refractivity (Wildman–Crippen MR) is 57.2 cm³/mol. The molecule has 0 aliphatic carbocycles. The van der Waals surface area contributed by atoms with Crippen LogP contribution in [0.15, 0.2) is 12.2 Å². The number of carbonyl (C=O) groups excluding carboxylic acids is 2. The van der Waals surface area contributed by atoms with Crippen molar-refractivity contribution < 1.29 is 23.9 Å². The second-order valence-electron chi connectivity index (χ2n) is 4.61. The number of carboxylic acids is 1. The van der Waals surface area contributed by atoms with Crippen LogP contribution in [0, 0.1) is 0 Å². The van der Waals surface area contributed by atoms with E-state index in [0.29, 0.717) is 11.0 Å². The number of carbonyl (C=O) groups is 2. The van der Waals surface area contributed by atoms with Gasteiger partial charge < -0.3 is 19.1 Å². The summed E-state index contributed by atoms with van der Waals surface area (Å²) in [4.78, 5) is 21.7. The van der Waals surface area contributed by atoms with Gasteiger partial charge in [-0.1, -0.05) is 6.08 Å². The van der Waals surface area contributed by atoms with E-state index < -0.39 is 18.0 Å². The molecule has 0 aliphatic heterocycles. The summed E-state index contributed by atoms with van der Waals surface area (Å²) in [6.07, 6.45) is 1.87. The normalized spacial score (nSPS) is 13.8. The van der Waals surface area contributed by atoms with Crippen LogP contribution in [0.2, 0.25) is 0 Å². The highest BCUT2D eigenvalue weighted by Gasteiger charge is 2.21. The number of carboxylic acid groups (broad SMARTS) is 1. The standard InChI is InChI=1S/C11H19NO4/c1-5-6-11(15)16-9(7-10(13)14)8-12(2,3)4/h5-6,9H,7-8H2,1-4H3/b6-5+/t9-/m0/s1. The Morgan fingerprint density at radius 2 is 1.94 bits per heavy atom. The van der Waals surface area contributed by atoms with Gasteiger partial charge >= 0.3 is 5.97 Å². The number of aliphatic carboxylic acids is 1. The van der Waals surface area contributed by atoms with E-state index in [2.05, 4.69) is 0 Å². The van der Waals surface area contributed by atoms with E-state index >= 15 is 0 Å². The van der Waals surface area contributed by atoms with E-state index in [-0.39, 0.29) is 6.42 Å². The third kappa shape index (κ3) is 7.99. The molecule has 0 N–H and O–H groups in total. The van der Waals surface area contributed by atoms with Crippen molar-refractivity contribution in [1.29, 1.82) is 0 Å². The van der Waals surface area contributed by atoms with Crippen molar-refractivity contribution in [3.05, 3.63) is 12.2 Å². The molecule has 0 amide bonds. The van der Waals surface area contributed by atoms with E-state index in [1.807, 2.05) is 21.1 Å². The summed E-state index contributed by atoms with van der Waals surface area (Å²) < 4.78 is 5.53. The van der Waals surface area contributed by atoms with Crippen molar-refractivity contribution in [1.82, 2.24) is 0 Å². The van der Waals surface area contributed by atoms with E-state index in [1.54, 1.807) is 13.0 Å². The Labute approximate surface area is 95.9 Å². The molecule has 0 fully saturated rings. The summed E-state index contributed by atoms with van der Waals surface area (Å²) in [5, 5.41) is 10.5. The largest absolute Gasteiger partial charge is 0.550 e. The van der Waals surface area contributed by atoms with Gasteiger partial charge in [-0.2, -0.15) is 0 Å². The number of likely N-dealkylation sites (N-methyl/N-ethyl adjacent to an activating group) is 1. The van der Waals surface area contributed by atoms with Crippen LogP contribution in [0.1, 0.15) is 13.3 Å². The molecule has 0 heterocycles. The first-order valence-corrected chi connectivity index (χ1v) is 5.08. The van der Waals surface area contributed by atoms with Crippen LogP contribution in [0.3, 0.4) is 0 Å². The average Bonchev–Trinajstić information content (AvgIpc) is 1.98. The molecular formula is C11H19NO4. The van der Waals surface area contributed by atoms with Crippen molar-refractivity contribution in [3.8, 4) is 0 Å². The number of esters is 1. The average molecular weight is 229 g/mol. The quantitative estimate of drug-likeness (QED) is 0.344. The highest BCUT2D eigenvalue weighted by molar-refractivity contribution is 5.82. The third-order valence-corrected chi connectivity index (χ3v) is 1.73. The first-order chi connectivity index (χ1) is 7.24. The number of hydrogen-bond acceptors (Lipinski definition) is 4. The summed E-state index contributed by atoms with van der Waals surface area (Å²) in [5.74, 6) is -1.74. The van der Waals surface area contributed by atoms with Crippen LogP contribution in [0.5, 0.6) is 0 Å². The third-order valence-electron chi connectivity index (χ3n) is 1.73. The number of allylic oxidation sites excluding steroid dienone is 1. The number of hydrogen-bond donors (Lipinski definition) is 0. The molecular weight excluding hydrogens is 210 g/mol. The zero-order chi connectivity index (χ0) is 12.8. The molecule has 0 aromatic carbocycles. The Hall–Kier alpha value is -1.36. The minimum atomic E-state index is -1.22. The molecule has 0 saturated carbocycles. The van der Waals surface area contributed by atoms with Gasteiger partial charge in [0.15, 0.2) is 6.10 Å². The lowest BCUT2D eigenvalue weighted by atomic mass is 10.2. The smallest absolute Gasteiger partial charge is 0.330 e. The van der Waals surface area contributed by atoms with Crippen LogP contribution in [0.4, 0.5) is 0 Å². The molecule has 0 aliphatic rings. The van der Waals surface area contributed by atoms with Crippen molar-refractivity contribution >= 4 is 11.9 Å². The maximum atomic E-state index is 11.2. The van der Waals surface area contributed by atoms with Crippen LogP contribution >= 0.6 is 0 Å². The first-order valence-electron chi connectivity index (χ1n) is 5.08. The molecule has 0 rings (SSSR count). The summed E-state index contributed by atoms with van der Waals surface area (Å²) >= 11 is 0. The summed E-state index contributed by atoms with van der Waals surface area (Å²) in [5.41, 5.74) is 0. The Balaban J connectivity index is 4.43. The van der Waals surface area contributed by atoms with E-state index in [1.165, 1.54) is 6.08 Å². The summed E-state index contributed by atoms with van der Waals surface area (Å²) in [6, 6.07) is 0. The van der Waals surface area contributed by atoms with Crippen LogP contribution in [-0.2, 0) is 14.3 Å². The topological polar surface area (TPSA) is 66.4 Å². The van der Waals surface area contributed by atoms with Gasteiger partial charge in [-0.15, -0.1) is 0 Å². The van der Waals surface area contributed by atoms with Gasteiger partial charge in [0.1, 0.15) is 6.54 Å². The Morgan fingerprint density at radius 1 is 1.38 bits per heavy atom. The van der Waals surface area contributed by atoms with Gasteiger partial charge in [-0.05, 0) is 6.92 Å². The minimum absolute atomic E-state index is 0.279. The fraction of sp³-hybridized carbons (Fsp3) is 0.636. The fourth-order valence-corrected chi connectivity index (χ4v) is 1.28. The van der Waals surface area contributed by atoms with Gasteiger partial charge in [0.05, 0.1) is 21.1 Å². The number of ether oxygens (including phenoxy) is 1. The van der Waals surface area contributed by atoms with Crippen molar-refractivity contribution in [3.63, 3.8) is 0 Å². The minimum Gasteiger partial charge on any atom is -0.550 e. The zero-order valence-corrected chi connectivity index (χ0v) is 10.2. The van der Waals surface area contributed by atoms with Gasteiger partial charge in [0.2, 0.25) is 0 Å². The molecule has 0 saturated heterocycles. The lowest BCUT2D eigenvalue weighted by Crippen LogP contribution is -2.45. The van der Waals surface area contributed by atoms with Gasteiger partial charge in [-0.3, -0.25) is 0 Å². The van der Waals surface area contributed by atoms with Crippen LogP contribution in [-0.4, -0.2) is 50.2 Å². The van der Waals surface area contributed by atoms with Gasteiger partial charge in [0.25, 0.3) is 0 Å². The van der Waals surface area contributed by atoms with E-state index in [9.17, 15) is 14.7 Å². The highest BCUT2D eigenvalue weighted by Crippen LogP contribution is 2.05. The molecule has 0 radical (unpaired) electrons. The molecule has 92 valence electrons.